The van der Waals surface area contributed by atoms with Crippen LogP contribution in [0.25, 0.3) is 0 Å². The van der Waals surface area contributed by atoms with Crippen LogP contribution in [0.2, 0.25) is 0 Å². The van der Waals surface area contributed by atoms with Crippen LogP contribution >= 0.6 is 0 Å². The number of piperidine rings is 1. The molecule has 1 amide bonds. The number of likely N-dealkylation sites (tertiary alicyclic amines) is 1. The van der Waals surface area contributed by atoms with Gasteiger partial charge in [-0.25, -0.2) is 4.79 Å². The Labute approximate surface area is 134 Å². The summed E-state index contributed by atoms with van der Waals surface area (Å²) in [6, 6.07) is 2.73. The van der Waals surface area contributed by atoms with E-state index in [0.29, 0.717) is 18.8 Å². The summed E-state index contributed by atoms with van der Waals surface area (Å²) < 4.78 is 15.4. The molecule has 1 aliphatic rings. The minimum atomic E-state index is -0.536. The van der Waals surface area contributed by atoms with E-state index >= 15 is 0 Å². The summed E-state index contributed by atoms with van der Waals surface area (Å²) in [6.45, 7) is 1.13. The fourth-order valence-corrected chi connectivity index (χ4v) is 2.50. The van der Waals surface area contributed by atoms with E-state index in [0.717, 1.165) is 19.3 Å². The number of hydrogen-bond donors (Lipinski definition) is 0. The Morgan fingerprint density at radius 3 is 2.35 bits per heavy atom. The van der Waals surface area contributed by atoms with Crippen molar-refractivity contribution < 1.29 is 23.9 Å². The normalized spacial score (nSPS) is 14.3. The fourth-order valence-electron chi connectivity index (χ4n) is 2.50. The number of nitro groups is 1. The molecule has 0 spiro atoms. The Bertz CT molecular complexity index is 584. The number of carbonyl (C=O) groups is 1. The fraction of sp³-hybridized carbons (Fsp3) is 0.533. The van der Waals surface area contributed by atoms with Gasteiger partial charge in [0.05, 0.1) is 30.8 Å². The molecule has 0 N–H and O–H groups in total. The number of nitrogens with zero attached hydrogens (tertiary/aromatic N) is 2. The Hall–Kier alpha value is -2.51. The maximum atomic E-state index is 12.0. The summed E-state index contributed by atoms with van der Waals surface area (Å²) in [5.74, 6) is 0.604. The van der Waals surface area contributed by atoms with Gasteiger partial charge in [0.2, 0.25) is 0 Å². The quantitative estimate of drug-likeness (QED) is 0.611. The molecule has 0 bridgehead atoms. The van der Waals surface area contributed by atoms with Crippen LogP contribution in [0.15, 0.2) is 12.1 Å². The van der Waals surface area contributed by atoms with Crippen LogP contribution < -0.4 is 9.47 Å². The second kappa shape index (κ2) is 7.66. The van der Waals surface area contributed by atoms with Gasteiger partial charge in [-0.2, -0.15) is 0 Å². The van der Waals surface area contributed by atoms with Gasteiger partial charge in [-0.1, -0.05) is 0 Å². The maximum Gasteiger partial charge on any atom is 0.410 e. The van der Waals surface area contributed by atoms with Gasteiger partial charge in [0.1, 0.15) is 6.61 Å². The maximum absolute atomic E-state index is 12.0. The topological polar surface area (TPSA) is 91.1 Å². The molecule has 1 fully saturated rings. The van der Waals surface area contributed by atoms with Crippen molar-refractivity contribution in [3.63, 3.8) is 0 Å². The number of ether oxygens (including phenoxy) is 3. The average molecular weight is 324 g/mol. The highest BCUT2D eigenvalue weighted by Gasteiger charge is 2.22. The first-order valence-corrected chi connectivity index (χ1v) is 7.37. The van der Waals surface area contributed by atoms with Crippen LogP contribution in [0.5, 0.6) is 11.5 Å². The number of carbonyl (C=O) groups excluding carboxylic acids is 1. The Morgan fingerprint density at radius 1 is 1.17 bits per heavy atom. The number of amides is 1. The SMILES string of the molecule is COc1cc(COC(=O)N2CCCCC2)c([N+](=O)[O-])cc1OC. The number of rotatable bonds is 5. The molecule has 23 heavy (non-hydrogen) atoms. The summed E-state index contributed by atoms with van der Waals surface area (Å²) in [5, 5.41) is 11.2. The molecule has 0 saturated carbocycles. The third-order valence-electron chi connectivity index (χ3n) is 3.75. The molecule has 1 aromatic carbocycles. The van der Waals surface area contributed by atoms with Crippen LogP contribution in [0, 0.1) is 10.1 Å². The summed E-state index contributed by atoms with van der Waals surface area (Å²) in [4.78, 5) is 24.3. The largest absolute Gasteiger partial charge is 0.493 e. The minimum Gasteiger partial charge on any atom is -0.493 e. The van der Waals surface area contributed by atoms with E-state index in [9.17, 15) is 14.9 Å². The van der Waals surface area contributed by atoms with Gasteiger partial charge in [0.25, 0.3) is 5.69 Å². The molecule has 0 aromatic heterocycles. The molecule has 1 aromatic rings. The molecule has 0 radical (unpaired) electrons. The highest BCUT2D eigenvalue weighted by molar-refractivity contribution is 5.68. The minimum absolute atomic E-state index is 0.172. The Kier molecular flexibility index (Phi) is 5.61. The zero-order chi connectivity index (χ0) is 16.8. The van der Waals surface area contributed by atoms with Crippen LogP contribution in [-0.2, 0) is 11.3 Å². The second-order valence-electron chi connectivity index (χ2n) is 5.20. The van der Waals surface area contributed by atoms with Crippen molar-refractivity contribution in [3.05, 3.63) is 27.8 Å². The Balaban J connectivity index is 2.14. The van der Waals surface area contributed by atoms with Crippen LogP contribution in [0.3, 0.4) is 0 Å². The van der Waals surface area contributed by atoms with E-state index in [1.54, 1.807) is 4.90 Å². The average Bonchev–Trinajstić information content (AvgIpc) is 2.59. The second-order valence-corrected chi connectivity index (χ2v) is 5.20. The highest BCUT2D eigenvalue weighted by Crippen LogP contribution is 2.34. The molecular weight excluding hydrogens is 304 g/mol. The molecule has 1 heterocycles. The first kappa shape index (κ1) is 16.9. The van der Waals surface area contributed by atoms with Crippen LogP contribution in [0.1, 0.15) is 24.8 Å². The predicted octanol–water partition coefficient (Wildman–Crippen LogP) is 2.73. The van der Waals surface area contributed by atoms with Crippen molar-refractivity contribution >= 4 is 11.8 Å². The monoisotopic (exact) mass is 324 g/mol. The molecule has 126 valence electrons. The Morgan fingerprint density at radius 2 is 1.78 bits per heavy atom. The lowest BCUT2D eigenvalue weighted by Crippen LogP contribution is -2.35. The lowest BCUT2D eigenvalue weighted by molar-refractivity contribution is -0.385. The lowest BCUT2D eigenvalue weighted by atomic mass is 10.1. The molecule has 8 nitrogen and oxygen atoms in total. The number of benzene rings is 1. The molecule has 1 aliphatic heterocycles. The molecule has 1 saturated heterocycles. The molecule has 8 heteroatoms. The summed E-state index contributed by atoms with van der Waals surface area (Å²) in [5.41, 5.74) is 0.0899. The van der Waals surface area contributed by atoms with Crippen molar-refractivity contribution in [1.29, 1.82) is 0 Å². The molecule has 0 aliphatic carbocycles. The van der Waals surface area contributed by atoms with Crippen molar-refractivity contribution in [2.24, 2.45) is 0 Å². The molecule has 0 unspecified atom stereocenters. The lowest BCUT2D eigenvalue weighted by Gasteiger charge is -2.25. The predicted molar refractivity (Wildman–Crippen MR) is 81.8 cm³/mol. The van der Waals surface area contributed by atoms with E-state index in [-0.39, 0.29) is 23.6 Å². The number of methoxy groups -OCH3 is 2. The van der Waals surface area contributed by atoms with Gasteiger partial charge in [0.15, 0.2) is 11.5 Å². The number of nitro benzene ring substituents is 1. The first-order valence-electron chi connectivity index (χ1n) is 7.37. The summed E-state index contributed by atoms with van der Waals surface area (Å²) in [6.07, 6.45) is 2.55. The third-order valence-corrected chi connectivity index (χ3v) is 3.75. The van der Waals surface area contributed by atoms with Crippen molar-refractivity contribution in [2.75, 3.05) is 27.3 Å². The highest BCUT2D eigenvalue weighted by atomic mass is 16.6. The molecule has 2 rings (SSSR count). The first-order chi connectivity index (χ1) is 11.1. The third kappa shape index (κ3) is 4.02. The van der Waals surface area contributed by atoms with Gasteiger partial charge in [-0.3, -0.25) is 10.1 Å². The van der Waals surface area contributed by atoms with Gasteiger partial charge >= 0.3 is 6.09 Å². The number of hydrogen-bond acceptors (Lipinski definition) is 6. The van der Waals surface area contributed by atoms with E-state index in [1.165, 1.54) is 26.4 Å². The zero-order valence-electron chi connectivity index (χ0n) is 13.2. The van der Waals surface area contributed by atoms with E-state index < -0.39 is 11.0 Å². The van der Waals surface area contributed by atoms with Crippen molar-refractivity contribution in [3.8, 4) is 11.5 Å². The van der Waals surface area contributed by atoms with Crippen molar-refractivity contribution in [2.45, 2.75) is 25.9 Å². The molecular formula is C15H20N2O6. The van der Waals surface area contributed by atoms with E-state index in [1.807, 2.05) is 0 Å². The summed E-state index contributed by atoms with van der Waals surface area (Å²) >= 11 is 0. The van der Waals surface area contributed by atoms with Gasteiger partial charge < -0.3 is 19.1 Å². The standard InChI is InChI=1S/C15H20N2O6/c1-21-13-8-11(12(17(19)20)9-14(13)22-2)10-23-15(18)16-6-4-3-5-7-16/h8-9H,3-7,10H2,1-2H3. The van der Waals surface area contributed by atoms with Gasteiger partial charge in [0, 0.05) is 13.1 Å². The molecule has 0 atom stereocenters. The van der Waals surface area contributed by atoms with Crippen molar-refractivity contribution in [1.82, 2.24) is 4.90 Å². The van der Waals surface area contributed by atoms with Crippen LogP contribution in [0.4, 0.5) is 10.5 Å². The zero-order valence-corrected chi connectivity index (χ0v) is 13.2. The summed E-state index contributed by atoms with van der Waals surface area (Å²) in [7, 11) is 2.84. The smallest absolute Gasteiger partial charge is 0.410 e. The van der Waals surface area contributed by atoms with Gasteiger partial charge in [-0.05, 0) is 25.3 Å². The van der Waals surface area contributed by atoms with Gasteiger partial charge in [-0.15, -0.1) is 0 Å². The van der Waals surface area contributed by atoms with Crippen LogP contribution in [-0.4, -0.2) is 43.2 Å². The van der Waals surface area contributed by atoms with E-state index in [4.69, 9.17) is 14.2 Å². The van der Waals surface area contributed by atoms with E-state index in [2.05, 4.69) is 0 Å².